The van der Waals surface area contributed by atoms with E-state index in [1.54, 1.807) is 12.1 Å². The van der Waals surface area contributed by atoms with Crippen LogP contribution in [0.25, 0.3) is 0 Å². The third-order valence-corrected chi connectivity index (χ3v) is 3.76. The average Bonchev–Trinajstić information content (AvgIpc) is 2.53. The number of carbonyl (C=O) groups is 2. The maximum Gasteiger partial charge on any atom is 0.233 e. The van der Waals surface area contributed by atoms with Gasteiger partial charge in [0.05, 0.1) is 0 Å². The van der Waals surface area contributed by atoms with E-state index >= 15 is 0 Å². The summed E-state index contributed by atoms with van der Waals surface area (Å²) in [6.45, 7) is 4.37. The number of benzene rings is 2. The monoisotopic (exact) mass is 328 g/mol. The van der Waals surface area contributed by atoms with E-state index in [1.807, 2.05) is 32.0 Å². The van der Waals surface area contributed by atoms with Gasteiger partial charge in [-0.1, -0.05) is 18.2 Å². The quantitative estimate of drug-likeness (QED) is 0.801. The molecule has 4 nitrogen and oxygen atoms in total. The van der Waals surface area contributed by atoms with Gasteiger partial charge in [-0.2, -0.15) is 0 Å². The molecule has 0 saturated heterocycles. The van der Waals surface area contributed by atoms with E-state index in [-0.39, 0.29) is 24.1 Å². The summed E-state index contributed by atoms with van der Waals surface area (Å²) in [7, 11) is 0. The number of amides is 2. The van der Waals surface area contributed by atoms with Gasteiger partial charge < -0.3 is 10.6 Å². The second-order valence-electron chi connectivity index (χ2n) is 5.75. The largest absolute Gasteiger partial charge is 0.355 e. The number of aryl methyl sites for hydroxylation is 2. The molecule has 0 heterocycles. The third-order valence-electron chi connectivity index (χ3n) is 3.76. The van der Waals surface area contributed by atoms with Crippen LogP contribution < -0.4 is 10.6 Å². The zero-order valence-electron chi connectivity index (χ0n) is 13.9. The van der Waals surface area contributed by atoms with Crippen molar-refractivity contribution in [2.24, 2.45) is 0 Å². The lowest BCUT2D eigenvalue weighted by Gasteiger charge is -2.08. The minimum atomic E-state index is -0.350. The van der Waals surface area contributed by atoms with Crippen LogP contribution in [0.15, 0.2) is 42.5 Å². The number of hydrogen-bond acceptors (Lipinski definition) is 2. The van der Waals surface area contributed by atoms with Gasteiger partial charge in [-0.25, -0.2) is 4.39 Å². The van der Waals surface area contributed by atoms with Crippen LogP contribution in [-0.2, 0) is 16.0 Å². The van der Waals surface area contributed by atoms with Gasteiger partial charge in [0, 0.05) is 12.2 Å². The van der Waals surface area contributed by atoms with Crippen molar-refractivity contribution in [1.29, 1.82) is 0 Å². The van der Waals surface area contributed by atoms with Crippen LogP contribution in [0.5, 0.6) is 0 Å². The van der Waals surface area contributed by atoms with Crippen LogP contribution in [0.3, 0.4) is 0 Å². The van der Waals surface area contributed by atoms with Crippen molar-refractivity contribution in [3.05, 3.63) is 65.0 Å². The predicted molar refractivity (Wildman–Crippen MR) is 92.3 cm³/mol. The SMILES string of the molecule is Cc1ccc(NC(=O)CC(=O)NCCc2ccc(F)cc2)cc1C. The second kappa shape index (κ2) is 8.24. The summed E-state index contributed by atoms with van der Waals surface area (Å²) in [4.78, 5) is 23.7. The maximum atomic E-state index is 12.8. The first kappa shape index (κ1) is 17.7. The van der Waals surface area contributed by atoms with Crippen LogP contribution in [0, 0.1) is 19.7 Å². The Kier molecular flexibility index (Phi) is 6.07. The van der Waals surface area contributed by atoms with Crippen molar-refractivity contribution in [1.82, 2.24) is 5.32 Å². The van der Waals surface area contributed by atoms with E-state index in [4.69, 9.17) is 0 Å². The summed E-state index contributed by atoms with van der Waals surface area (Å²) in [5.41, 5.74) is 3.83. The molecule has 2 amide bonds. The lowest BCUT2D eigenvalue weighted by Crippen LogP contribution is -2.29. The topological polar surface area (TPSA) is 58.2 Å². The number of rotatable bonds is 6. The Bertz CT molecular complexity index is 727. The van der Waals surface area contributed by atoms with Crippen LogP contribution in [0.1, 0.15) is 23.1 Å². The van der Waals surface area contributed by atoms with Crippen molar-refractivity contribution in [2.45, 2.75) is 26.7 Å². The highest BCUT2D eigenvalue weighted by Crippen LogP contribution is 2.14. The Morgan fingerprint density at radius 3 is 2.33 bits per heavy atom. The highest BCUT2D eigenvalue weighted by molar-refractivity contribution is 6.03. The molecule has 0 unspecified atom stereocenters. The summed E-state index contributed by atoms with van der Waals surface area (Å²) in [6.07, 6.45) is 0.362. The van der Waals surface area contributed by atoms with E-state index in [9.17, 15) is 14.0 Å². The average molecular weight is 328 g/mol. The molecule has 2 rings (SSSR count). The molecule has 5 heteroatoms. The van der Waals surface area contributed by atoms with Crippen LogP contribution in [-0.4, -0.2) is 18.4 Å². The normalized spacial score (nSPS) is 10.3. The molecule has 0 atom stereocenters. The Morgan fingerprint density at radius 2 is 1.67 bits per heavy atom. The zero-order chi connectivity index (χ0) is 17.5. The molecule has 0 spiro atoms. The molecule has 24 heavy (non-hydrogen) atoms. The van der Waals surface area contributed by atoms with Crippen molar-refractivity contribution < 1.29 is 14.0 Å². The molecule has 0 aliphatic rings. The number of carbonyl (C=O) groups excluding carboxylic acids is 2. The summed E-state index contributed by atoms with van der Waals surface area (Å²) >= 11 is 0. The van der Waals surface area contributed by atoms with E-state index in [0.717, 1.165) is 16.7 Å². The summed E-state index contributed by atoms with van der Waals surface area (Å²) in [5, 5.41) is 5.40. The highest BCUT2D eigenvalue weighted by Gasteiger charge is 2.09. The molecule has 0 aromatic heterocycles. The highest BCUT2D eigenvalue weighted by atomic mass is 19.1. The standard InChI is InChI=1S/C19H21FN2O2/c1-13-3-8-17(11-14(13)2)22-19(24)12-18(23)21-10-9-15-4-6-16(20)7-5-15/h3-8,11H,9-10,12H2,1-2H3,(H,21,23)(H,22,24). The molecule has 2 aromatic carbocycles. The summed E-state index contributed by atoms with van der Waals surface area (Å²) in [6, 6.07) is 11.7. The number of anilines is 1. The van der Waals surface area contributed by atoms with E-state index < -0.39 is 0 Å². The van der Waals surface area contributed by atoms with Crippen LogP contribution in [0.2, 0.25) is 0 Å². The second-order valence-corrected chi connectivity index (χ2v) is 5.75. The summed E-state index contributed by atoms with van der Waals surface area (Å²) in [5.74, 6) is -0.971. The van der Waals surface area contributed by atoms with Crippen molar-refractivity contribution in [3.63, 3.8) is 0 Å². The Hall–Kier alpha value is -2.69. The molecule has 126 valence electrons. The van der Waals surface area contributed by atoms with Gasteiger partial charge in [0.25, 0.3) is 0 Å². The molecule has 0 bridgehead atoms. The smallest absolute Gasteiger partial charge is 0.233 e. The molecule has 2 aromatic rings. The van der Waals surface area contributed by atoms with E-state index in [0.29, 0.717) is 18.7 Å². The molecular weight excluding hydrogens is 307 g/mol. The molecule has 0 aliphatic carbocycles. The lowest BCUT2D eigenvalue weighted by molar-refractivity contribution is -0.126. The van der Waals surface area contributed by atoms with Crippen LogP contribution >= 0.6 is 0 Å². The third kappa shape index (κ3) is 5.50. The minimum absolute atomic E-state index is 0.226. The Morgan fingerprint density at radius 1 is 0.958 bits per heavy atom. The fourth-order valence-corrected chi connectivity index (χ4v) is 2.23. The Labute approximate surface area is 141 Å². The van der Waals surface area contributed by atoms with E-state index in [2.05, 4.69) is 10.6 Å². The molecule has 0 saturated carbocycles. The number of halogens is 1. The van der Waals surface area contributed by atoms with Gasteiger partial charge in [0.1, 0.15) is 12.2 Å². The van der Waals surface area contributed by atoms with Gasteiger partial charge in [0.2, 0.25) is 11.8 Å². The van der Waals surface area contributed by atoms with Gasteiger partial charge in [0.15, 0.2) is 0 Å². The van der Waals surface area contributed by atoms with Crippen molar-refractivity contribution in [2.75, 3.05) is 11.9 Å². The lowest BCUT2D eigenvalue weighted by atomic mass is 10.1. The fourth-order valence-electron chi connectivity index (χ4n) is 2.23. The first-order chi connectivity index (χ1) is 11.4. The molecule has 0 fully saturated rings. The predicted octanol–water partition coefficient (Wildman–Crippen LogP) is 3.13. The number of nitrogens with one attached hydrogen (secondary N) is 2. The first-order valence-corrected chi connectivity index (χ1v) is 7.82. The van der Waals surface area contributed by atoms with Gasteiger partial charge >= 0.3 is 0 Å². The van der Waals surface area contributed by atoms with Crippen molar-refractivity contribution >= 4 is 17.5 Å². The molecular formula is C19H21FN2O2. The van der Waals surface area contributed by atoms with Gasteiger partial charge in [-0.05, 0) is 61.2 Å². The first-order valence-electron chi connectivity index (χ1n) is 7.82. The molecule has 0 radical (unpaired) electrons. The minimum Gasteiger partial charge on any atom is -0.355 e. The molecule has 0 aliphatic heterocycles. The van der Waals surface area contributed by atoms with E-state index in [1.165, 1.54) is 12.1 Å². The number of hydrogen-bond donors (Lipinski definition) is 2. The maximum absolute atomic E-state index is 12.8. The van der Waals surface area contributed by atoms with Crippen LogP contribution in [0.4, 0.5) is 10.1 Å². The Balaban J connectivity index is 1.74. The summed E-state index contributed by atoms with van der Waals surface area (Å²) < 4.78 is 12.8. The van der Waals surface area contributed by atoms with Gasteiger partial charge in [-0.3, -0.25) is 9.59 Å². The zero-order valence-corrected chi connectivity index (χ0v) is 13.9. The fraction of sp³-hybridized carbons (Fsp3) is 0.263. The van der Waals surface area contributed by atoms with Crippen molar-refractivity contribution in [3.8, 4) is 0 Å². The molecule has 2 N–H and O–H groups in total. The van der Waals surface area contributed by atoms with Gasteiger partial charge in [-0.15, -0.1) is 0 Å².